The maximum atomic E-state index is 11.0. The molecule has 1 heterocycles. The van der Waals surface area contributed by atoms with Crippen molar-refractivity contribution in [1.29, 1.82) is 0 Å². The van der Waals surface area contributed by atoms with Gasteiger partial charge in [0, 0.05) is 32.0 Å². The summed E-state index contributed by atoms with van der Waals surface area (Å²) in [5.74, 6) is -0.0690. The number of hydrogen-bond donors (Lipinski definition) is 5. The summed E-state index contributed by atoms with van der Waals surface area (Å²) in [6.07, 6.45) is 0.627. The number of aliphatic hydroxyl groups excluding tert-OH is 3. The second-order valence-electron chi connectivity index (χ2n) is 6.52. The van der Waals surface area contributed by atoms with Crippen LogP contribution in [-0.4, -0.2) is 58.7 Å². The van der Waals surface area contributed by atoms with Gasteiger partial charge in [0.1, 0.15) is 0 Å². The Balaban J connectivity index is 1.80. The van der Waals surface area contributed by atoms with Gasteiger partial charge in [-0.1, -0.05) is 36.8 Å². The largest absolute Gasteiger partial charge is 0.396 e. The molecule has 134 valence electrons. The fourth-order valence-corrected chi connectivity index (χ4v) is 3.31. The van der Waals surface area contributed by atoms with Gasteiger partial charge in [-0.3, -0.25) is 4.79 Å². The van der Waals surface area contributed by atoms with Gasteiger partial charge >= 0.3 is 0 Å². The van der Waals surface area contributed by atoms with E-state index in [-0.39, 0.29) is 30.5 Å². The minimum Gasteiger partial charge on any atom is -0.396 e. The van der Waals surface area contributed by atoms with Crippen molar-refractivity contribution in [1.82, 2.24) is 10.6 Å². The number of hydrogen-bond acceptors (Lipinski definition) is 5. The third kappa shape index (κ3) is 5.01. The molecule has 1 saturated heterocycles. The van der Waals surface area contributed by atoms with Crippen molar-refractivity contribution in [3.05, 3.63) is 35.9 Å². The highest BCUT2D eigenvalue weighted by Crippen LogP contribution is 2.24. The van der Waals surface area contributed by atoms with Gasteiger partial charge in [0.2, 0.25) is 5.91 Å². The maximum absolute atomic E-state index is 11.0. The lowest BCUT2D eigenvalue weighted by atomic mass is 9.92. The summed E-state index contributed by atoms with van der Waals surface area (Å²) in [6.45, 7) is 1.82. The van der Waals surface area contributed by atoms with Crippen molar-refractivity contribution in [2.45, 2.75) is 56.4 Å². The van der Waals surface area contributed by atoms with Gasteiger partial charge in [0.15, 0.2) is 0 Å². The Morgan fingerprint density at radius 3 is 2.50 bits per heavy atom. The molecule has 6 nitrogen and oxygen atoms in total. The molecule has 24 heavy (non-hydrogen) atoms. The van der Waals surface area contributed by atoms with Crippen molar-refractivity contribution >= 4 is 5.91 Å². The highest BCUT2D eigenvalue weighted by Gasteiger charge is 2.40. The van der Waals surface area contributed by atoms with Crippen LogP contribution in [0.15, 0.2) is 30.3 Å². The van der Waals surface area contributed by atoms with Crippen LogP contribution >= 0.6 is 0 Å². The van der Waals surface area contributed by atoms with E-state index in [2.05, 4.69) is 10.6 Å². The minimum absolute atomic E-state index is 0.0878. The predicted molar refractivity (Wildman–Crippen MR) is 91.5 cm³/mol. The fraction of sp³-hybridized carbons (Fsp3) is 0.611. The van der Waals surface area contributed by atoms with Crippen molar-refractivity contribution in [3.8, 4) is 0 Å². The smallest absolute Gasteiger partial charge is 0.216 e. The van der Waals surface area contributed by atoms with Gasteiger partial charge in [0.25, 0.3) is 0 Å². The number of rotatable bonds is 8. The van der Waals surface area contributed by atoms with Crippen molar-refractivity contribution < 1.29 is 20.1 Å². The standard InChI is InChI=1S/C18H28N2O4/c1-12(22)19-10-16-18(24)17(23)15(20-16)9-5-8-14(11-21)13-6-3-2-4-7-13/h2-4,6-7,14-18,20-21,23-24H,5,8-11H2,1H3,(H,19,22)/t14?,15-,16-,17-,18-/m1/s1. The molecule has 6 heteroatoms. The lowest BCUT2D eigenvalue weighted by Crippen LogP contribution is -2.43. The van der Waals surface area contributed by atoms with Crippen molar-refractivity contribution in [2.24, 2.45) is 0 Å². The second kappa shape index (κ2) is 9.13. The van der Waals surface area contributed by atoms with Crippen LogP contribution in [0.2, 0.25) is 0 Å². The van der Waals surface area contributed by atoms with E-state index < -0.39 is 12.2 Å². The van der Waals surface area contributed by atoms with Crippen LogP contribution in [0.25, 0.3) is 0 Å². The van der Waals surface area contributed by atoms with Crippen LogP contribution in [-0.2, 0) is 4.79 Å². The molecule has 0 radical (unpaired) electrons. The zero-order valence-electron chi connectivity index (χ0n) is 14.1. The summed E-state index contributed by atoms with van der Waals surface area (Å²) in [5.41, 5.74) is 1.11. The molecular formula is C18H28N2O4. The second-order valence-corrected chi connectivity index (χ2v) is 6.52. The summed E-state index contributed by atoms with van der Waals surface area (Å²) in [7, 11) is 0. The molecular weight excluding hydrogens is 308 g/mol. The summed E-state index contributed by atoms with van der Waals surface area (Å²) in [5, 5.41) is 35.7. The molecule has 0 spiro atoms. The average Bonchev–Trinajstić information content (AvgIpc) is 2.85. The monoisotopic (exact) mass is 336 g/mol. The molecule has 1 aromatic rings. The Kier molecular flexibility index (Phi) is 7.17. The Hall–Kier alpha value is -1.47. The van der Waals surface area contributed by atoms with Crippen LogP contribution in [0.3, 0.4) is 0 Å². The highest BCUT2D eigenvalue weighted by molar-refractivity contribution is 5.72. The Morgan fingerprint density at radius 1 is 1.21 bits per heavy atom. The predicted octanol–water partition coefficient (Wildman–Crippen LogP) is 0.131. The average molecular weight is 336 g/mol. The lowest BCUT2D eigenvalue weighted by molar-refractivity contribution is -0.119. The molecule has 1 fully saturated rings. The van der Waals surface area contributed by atoms with Crippen molar-refractivity contribution in [3.63, 3.8) is 0 Å². The summed E-state index contributed by atoms with van der Waals surface area (Å²) in [6, 6.07) is 9.36. The molecule has 0 bridgehead atoms. The molecule has 5 atom stereocenters. The molecule has 5 N–H and O–H groups in total. The zero-order chi connectivity index (χ0) is 17.5. The van der Waals surface area contributed by atoms with Gasteiger partial charge in [-0.05, 0) is 18.4 Å². The third-order valence-corrected chi connectivity index (χ3v) is 4.73. The molecule has 0 aliphatic carbocycles. The van der Waals surface area contributed by atoms with E-state index in [1.807, 2.05) is 30.3 Å². The quantitative estimate of drug-likeness (QED) is 0.464. The molecule has 1 unspecified atom stereocenters. The lowest BCUT2D eigenvalue weighted by Gasteiger charge is -2.18. The molecule has 1 aliphatic rings. The number of aliphatic hydroxyl groups is 3. The van der Waals surface area contributed by atoms with Crippen LogP contribution in [0.4, 0.5) is 0 Å². The molecule has 1 aliphatic heterocycles. The number of benzene rings is 1. The van der Waals surface area contributed by atoms with E-state index in [0.29, 0.717) is 13.0 Å². The van der Waals surface area contributed by atoms with Crippen LogP contribution in [0.1, 0.15) is 37.7 Å². The van der Waals surface area contributed by atoms with Crippen LogP contribution in [0.5, 0.6) is 0 Å². The molecule has 0 aromatic heterocycles. The van der Waals surface area contributed by atoms with E-state index >= 15 is 0 Å². The van der Waals surface area contributed by atoms with E-state index in [0.717, 1.165) is 18.4 Å². The fourth-order valence-electron chi connectivity index (χ4n) is 3.31. The third-order valence-electron chi connectivity index (χ3n) is 4.73. The Bertz CT molecular complexity index is 511. The summed E-state index contributed by atoms with van der Waals surface area (Å²) < 4.78 is 0. The van der Waals surface area contributed by atoms with E-state index in [1.165, 1.54) is 6.92 Å². The van der Waals surface area contributed by atoms with Crippen molar-refractivity contribution in [2.75, 3.05) is 13.2 Å². The molecule has 0 saturated carbocycles. The first-order chi connectivity index (χ1) is 11.5. The Labute approximate surface area is 142 Å². The van der Waals surface area contributed by atoms with Gasteiger partial charge in [-0.25, -0.2) is 0 Å². The first kappa shape index (κ1) is 18.9. The minimum atomic E-state index is -0.885. The van der Waals surface area contributed by atoms with Crippen LogP contribution < -0.4 is 10.6 Å². The first-order valence-electron chi connectivity index (χ1n) is 8.55. The maximum Gasteiger partial charge on any atom is 0.216 e. The van der Waals surface area contributed by atoms with E-state index in [1.54, 1.807) is 0 Å². The van der Waals surface area contributed by atoms with Gasteiger partial charge in [-0.2, -0.15) is 0 Å². The van der Waals surface area contributed by atoms with E-state index in [9.17, 15) is 20.1 Å². The normalized spacial score (nSPS) is 27.8. The highest BCUT2D eigenvalue weighted by atomic mass is 16.3. The van der Waals surface area contributed by atoms with Gasteiger partial charge in [0.05, 0.1) is 18.2 Å². The number of nitrogens with one attached hydrogen (secondary N) is 2. The topological polar surface area (TPSA) is 102 Å². The summed E-state index contributed by atoms with van der Waals surface area (Å²) in [4.78, 5) is 11.0. The Morgan fingerprint density at radius 2 is 1.88 bits per heavy atom. The van der Waals surface area contributed by atoms with Gasteiger partial charge in [-0.15, -0.1) is 0 Å². The van der Waals surface area contributed by atoms with Gasteiger partial charge < -0.3 is 26.0 Å². The first-order valence-corrected chi connectivity index (χ1v) is 8.55. The number of carbonyl (C=O) groups is 1. The van der Waals surface area contributed by atoms with Crippen LogP contribution in [0, 0.1) is 0 Å². The molecule has 1 amide bonds. The SMILES string of the molecule is CC(=O)NC[C@H]1N[C@H](CCCC(CO)c2ccccc2)[C@@H](O)[C@@H]1O. The molecule has 1 aromatic carbocycles. The summed E-state index contributed by atoms with van der Waals surface area (Å²) >= 11 is 0. The van der Waals surface area contributed by atoms with E-state index in [4.69, 9.17) is 0 Å². The zero-order valence-corrected chi connectivity index (χ0v) is 14.1. The molecule has 2 rings (SSSR count). The number of carbonyl (C=O) groups excluding carboxylic acids is 1. The number of amides is 1.